The first-order valence-corrected chi connectivity index (χ1v) is 8.90. The van der Waals surface area contributed by atoms with Crippen molar-refractivity contribution in [3.63, 3.8) is 0 Å². The predicted molar refractivity (Wildman–Crippen MR) is 103 cm³/mol. The molecule has 0 aliphatic carbocycles. The van der Waals surface area contributed by atoms with Gasteiger partial charge >= 0.3 is 0 Å². The minimum Gasteiger partial charge on any atom is -0.486 e. The fourth-order valence-electron chi connectivity index (χ4n) is 3.01. The number of aromatic nitrogens is 2. The standard InChI is InChI=1S/C21H19N3O4/c1-24-9-8-22-21(24)20(26)15-3-5-16(6-4-15)23-19(25)13-14-2-7-17-18(12-14)28-11-10-27-17/h2-9,12H,10-11,13H2,1H3,(H,23,25). The quantitative estimate of drug-likeness (QED) is 0.691. The van der Waals surface area contributed by atoms with Gasteiger partial charge in [0.1, 0.15) is 13.2 Å². The van der Waals surface area contributed by atoms with E-state index in [9.17, 15) is 9.59 Å². The number of aryl methyl sites for hydroxylation is 1. The van der Waals surface area contributed by atoms with Gasteiger partial charge in [-0.05, 0) is 42.0 Å². The Morgan fingerprint density at radius 3 is 2.54 bits per heavy atom. The smallest absolute Gasteiger partial charge is 0.228 e. The number of carbonyl (C=O) groups is 2. The van der Waals surface area contributed by atoms with Crippen LogP contribution in [-0.2, 0) is 18.3 Å². The van der Waals surface area contributed by atoms with Crippen molar-refractivity contribution >= 4 is 17.4 Å². The summed E-state index contributed by atoms with van der Waals surface area (Å²) >= 11 is 0. The number of nitrogens with zero attached hydrogens (tertiary/aromatic N) is 2. The highest BCUT2D eigenvalue weighted by Crippen LogP contribution is 2.30. The molecule has 3 aromatic rings. The molecule has 142 valence electrons. The Kier molecular flexibility index (Phi) is 4.80. The first-order valence-electron chi connectivity index (χ1n) is 8.90. The Labute approximate surface area is 161 Å². The van der Waals surface area contributed by atoms with Crippen LogP contribution in [0.15, 0.2) is 54.9 Å². The zero-order valence-electron chi connectivity index (χ0n) is 15.3. The molecule has 1 N–H and O–H groups in total. The Morgan fingerprint density at radius 1 is 1.07 bits per heavy atom. The van der Waals surface area contributed by atoms with Gasteiger partial charge in [0.25, 0.3) is 0 Å². The molecule has 1 aliphatic rings. The molecule has 7 heteroatoms. The number of ether oxygens (including phenoxy) is 2. The van der Waals surface area contributed by atoms with Crippen LogP contribution in [0.1, 0.15) is 21.7 Å². The normalized spacial score (nSPS) is 12.5. The third-order valence-corrected chi connectivity index (χ3v) is 4.43. The molecule has 1 amide bonds. The van der Waals surface area contributed by atoms with Gasteiger partial charge in [-0.2, -0.15) is 0 Å². The summed E-state index contributed by atoms with van der Waals surface area (Å²) in [5, 5.41) is 2.84. The predicted octanol–water partition coefficient (Wildman–Crippen LogP) is 2.60. The Balaban J connectivity index is 1.39. The number of imidazole rings is 1. The minimum absolute atomic E-state index is 0.153. The largest absolute Gasteiger partial charge is 0.486 e. The molecule has 7 nitrogen and oxygen atoms in total. The van der Waals surface area contributed by atoms with Crippen LogP contribution in [0.3, 0.4) is 0 Å². The van der Waals surface area contributed by atoms with Crippen molar-refractivity contribution in [2.75, 3.05) is 18.5 Å². The van der Waals surface area contributed by atoms with Crippen LogP contribution in [0.2, 0.25) is 0 Å². The summed E-state index contributed by atoms with van der Waals surface area (Å²) in [7, 11) is 1.77. The van der Waals surface area contributed by atoms with E-state index < -0.39 is 0 Å². The summed E-state index contributed by atoms with van der Waals surface area (Å²) in [5.74, 6) is 1.41. The third-order valence-electron chi connectivity index (χ3n) is 4.43. The molecule has 0 spiro atoms. The summed E-state index contributed by atoms with van der Waals surface area (Å²) in [4.78, 5) is 28.8. The van der Waals surface area contributed by atoms with Crippen LogP contribution in [0.4, 0.5) is 5.69 Å². The number of carbonyl (C=O) groups excluding carboxylic acids is 2. The fourth-order valence-corrected chi connectivity index (χ4v) is 3.01. The van der Waals surface area contributed by atoms with Gasteiger partial charge in [0.2, 0.25) is 11.7 Å². The summed E-state index contributed by atoms with van der Waals surface area (Å²) in [5.41, 5.74) is 1.97. The molecule has 0 fully saturated rings. The van der Waals surface area contributed by atoms with Crippen molar-refractivity contribution in [2.45, 2.75) is 6.42 Å². The van der Waals surface area contributed by atoms with Gasteiger partial charge < -0.3 is 19.4 Å². The molecule has 0 unspecified atom stereocenters. The van der Waals surface area contributed by atoms with Crippen molar-refractivity contribution in [3.8, 4) is 11.5 Å². The van der Waals surface area contributed by atoms with E-state index in [2.05, 4.69) is 10.3 Å². The lowest BCUT2D eigenvalue weighted by molar-refractivity contribution is -0.115. The number of ketones is 1. The fraction of sp³-hybridized carbons (Fsp3) is 0.190. The number of amides is 1. The lowest BCUT2D eigenvalue weighted by Gasteiger charge is -2.18. The molecule has 2 heterocycles. The SMILES string of the molecule is Cn1ccnc1C(=O)c1ccc(NC(=O)Cc2ccc3c(c2)OCCO3)cc1. The maximum atomic E-state index is 12.4. The molecule has 2 aromatic carbocycles. The second-order valence-corrected chi connectivity index (χ2v) is 6.47. The Bertz CT molecular complexity index is 1020. The second-order valence-electron chi connectivity index (χ2n) is 6.47. The number of fused-ring (bicyclic) bond motifs is 1. The van der Waals surface area contributed by atoms with Crippen LogP contribution in [0.5, 0.6) is 11.5 Å². The molecule has 1 aliphatic heterocycles. The summed E-state index contributed by atoms with van der Waals surface area (Å²) in [6.45, 7) is 1.04. The highest BCUT2D eigenvalue weighted by Gasteiger charge is 2.15. The van der Waals surface area contributed by atoms with Crippen LogP contribution in [-0.4, -0.2) is 34.5 Å². The maximum Gasteiger partial charge on any atom is 0.228 e. The third kappa shape index (κ3) is 3.73. The molecule has 28 heavy (non-hydrogen) atoms. The average Bonchev–Trinajstić information content (AvgIpc) is 3.14. The molecule has 0 radical (unpaired) electrons. The van der Waals surface area contributed by atoms with E-state index in [1.165, 1.54) is 0 Å². The molecule has 0 bridgehead atoms. The van der Waals surface area contributed by atoms with Gasteiger partial charge in [-0.1, -0.05) is 6.07 Å². The van der Waals surface area contributed by atoms with Crippen LogP contribution >= 0.6 is 0 Å². The molecular formula is C21H19N3O4. The van der Waals surface area contributed by atoms with Crippen molar-refractivity contribution in [2.24, 2.45) is 7.05 Å². The van der Waals surface area contributed by atoms with Gasteiger partial charge in [-0.25, -0.2) is 4.98 Å². The van der Waals surface area contributed by atoms with Crippen molar-refractivity contribution in [1.82, 2.24) is 9.55 Å². The van der Waals surface area contributed by atoms with E-state index in [0.717, 1.165) is 5.56 Å². The van der Waals surface area contributed by atoms with E-state index in [-0.39, 0.29) is 18.1 Å². The summed E-state index contributed by atoms with van der Waals surface area (Å²) < 4.78 is 12.7. The van der Waals surface area contributed by atoms with Crippen molar-refractivity contribution in [1.29, 1.82) is 0 Å². The van der Waals surface area contributed by atoms with Crippen molar-refractivity contribution in [3.05, 3.63) is 71.8 Å². The molecule has 1 aromatic heterocycles. The van der Waals surface area contributed by atoms with Gasteiger partial charge in [0.15, 0.2) is 17.3 Å². The summed E-state index contributed by atoms with van der Waals surface area (Å²) in [6, 6.07) is 12.3. The van der Waals surface area contributed by atoms with Gasteiger partial charge in [-0.15, -0.1) is 0 Å². The number of anilines is 1. The molecule has 4 rings (SSSR count). The number of hydrogen-bond acceptors (Lipinski definition) is 5. The van der Waals surface area contributed by atoms with Crippen LogP contribution in [0, 0.1) is 0 Å². The van der Waals surface area contributed by atoms with Crippen LogP contribution in [0.25, 0.3) is 0 Å². The molecule has 0 atom stereocenters. The monoisotopic (exact) mass is 377 g/mol. The van der Waals surface area contributed by atoms with E-state index in [1.807, 2.05) is 18.2 Å². The lowest BCUT2D eigenvalue weighted by atomic mass is 10.1. The van der Waals surface area contributed by atoms with Gasteiger partial charge in [-0.3, -0.25) is 9.59 Å². The van der Waals surface area contributed by atoms with E-state index >= 15 is 0 Å². The van der Waals surface area contributed by atoms with E-state index in [4.69, 9.17) is 9.47 Å². The highest BCUT2D eigenvalue weighted by atomic mass is 16.6. The highest BCUT2D eigenvalue weighted by molar-refractivity contribution is 6.07. The molecule has 0 saturated carbocycles. The maximum absolute atomic E-state index is 12.4. The van der Waals surface area contributed by atoms with Crippen molar-refractivity contribution < 1.29 is 19.1 Å². The van der Waals surface area contributed by atoms with Gasteiger partial charge in [0.05, 0.1) is 6.42 Å². The average molecular weight is 377 g/mol. The summed E-state index contributed by atoms with van der Waals surface area (Å²) in [6.07, 6.45) is 3.52. The number of benzene rings is 2. The van der Waals surface area contributed by atoms with E-state index in [1.54, 1.807) is 48.3 Å². The Morgan fingerprint density at radius 2 is 1.82 bits per heavy atom. The molecular weight excluding hydrogens is 358 g/mol. The molecule has 0 saturated heterocycles. The van der Waals surface area contributed by atoms with Crippen LogP contribution < -0.4 is 14.8 Å². The zero-order valence-corrected chi connectivity index (χ0v) is 15.3. The second kappa shape index (κ2) is 7.56. The number of rotatable bonds is 5. The number of nitrogens with one attached hydrogen (secondary N) is 1. The topological polar surface area (TPSA) is 82.5 Å². The first kappa shape index (κ1) is 17.8. The Hall–Kier alpha value is -3.61. The number of hydrogen-bond donors (Lipinski definition) is 1. The zero-order chi connectivity index (χ0) is 19.5. The van der Waals surface area contributed by atoms with Gasteiger partial charge in [0, 0.05) is 30.7 Å². The first-order chi connectivity index (χ1) is 13.6. The van der Waals surface area contributed by atoms with E-state index in [0.29, 0.717) is 41.8 Å². The lowest BCUT2D eigenvalue weighted by Crippen LogP contribution is -2.17. The minimum atomic E-state index is -0.165.